The summed E-state index contributed by atoms with van der Waals surface area (Å²) < 4.78 is 11.5. The molecule has 4 aromatic rings. The molecule has 1 aliphatic heterocycles. The molecule has 11 heteroatoms. The van der Waals surface area contributed by atoms with Crippen molar-refractivity contribution in [3.8, 4) is 0 Å². The number of hydrogen-bond donors (Lipinski definition) is 0. The first kappa shape index (κ1) is 22.6. The Morgan fingerprint density at radius 3 is 2.71 bits per heavy atom. The van der Waals surface area contributed by atoms with E-state index in [4.69, 9.17) is 22.1 Å². The van der Waals surface area contributed by atoms with Crippen LogP contribution in [0.2, 0.25) is 0 Å². The van der Waals surface area contributed by atoms with Crippen LogP contribution in [-0.2, 0) is 18.0 Å². The summed E-state index contributed by atoms with van der Waals surface area (Å²) >= 11 is 5.85. The van der Waals surface area contributed by atoms with Crippen molar-refractivity contribution in [3.05, 3.63) is 58.0 Å². The monoisotopic (exact) mass is 480 g/mol. The minimum atomic E-state index is -0.0515. The van der Waals surface area contributed by atoms with Gasteiger partial charge < -0.3 is 9.64 Å². The average molecular weight is 481 g/mol. The third-order valence-corrected chi connectivity index (χ3v) is 6.53. The Morgan fingerprint density at radius 1 is 1.12 bits per heavy atom. The SMILES string of the molecule is CCOCCCn1c(=O)c2ccccc2n2c(=S)n(CN3CCN(c4cnccn4)CC3)nc12. The van der Waals surface area contributed by atoms with Crippen LogP contribution in [0.4, 0.5) is 5.82 Å². The Hall–Kier alpha value is -3.15. The summed E-state index contributed by atoms with van der Waals surface area (Å²) in [4.78, 5) is 26.4. The van der Waals surface area contributed by atoms with E-state index in [0.29, 0.717) is 42.4 Å². The van der Waals surface area contributed by atoms with E-state index in [1.807, 2.05) is 40.3 Å². The molecule has 0 N–H and O–H groups in total. The van der Waals surface area contributed by atoms with Gasteiger partial charge in [-0.3, -0.25) is 23.6 Å². The first-order valence-electron chi connectivity index (χ1n) is 11.6. The summed E-state index contributed by atoms with van der Waals surface area (Å²) in [5, 5.41) is 5.45. The number of ether oxygens (including phenoxy) is 1. The number of benzene rings is 1. The first-order valence-corrected chi connectivity index (χ1v) is 12.0. The van der Waals surface area contributed by atoms with Crippen molar-refractivity contribution in [2.45, 2.75) is 26.6 Å². The Morgan fingerprint density at radius 2 is 1.94 bits per heavy atom. The molecular weight excluding hydrogens is 452 g/mol. The van der Waals surface area contributed by atoms with Gasteiger partial charge in [0.2, 0.25) is 10.5 Å². The van der Waals surface area contributed by atoms with E-state index in [1.165, 1.54) is 0 Å². The van der Waals surface area contributed by atoms with Crippen molar-refractivity contribution in [2.75, 3.05) is 44.3 Å². The molecule has 1 saturated heterocycles. The van der Waals surface area contributed by atoms with E-state index < -0.39 is 0 Å². The molecule has 0 bridgehead atoms. The normalized spacial score (nSPS) is 14.9. The molecule has 0 aliphatic carbocycles. The highest BCUT2D eigenvalue weighted by Gasteiger charge is 2.21. The number of nitrogens with zero attached hydrogens (tertiary/aromatic N) is 8. The van der Waals surface area contributed by atoms with Crippen molar-refractivity contribution in [2.24, 2.45) is 0 Å². The smallest absolute Gasteiger partial charge is 0.262 e. The predicted octanol–water partition coefficient (Wildman–Crippen LogP) is 2.18. The Kier molecular flexibility index (Phi) is 6.66. The van der Waals surface area contributed by atoms with Crippen LogP contribution in [0.15, 0.2) is 47.7 Å². The molecule has 34 heavy (non-hydrogen) atoms. The van der Waals surface area contributed by atoms with E-state index in [2.05, 4.69) is 19.8 Å². The molecule has 4 heterocycles. The lowest BCUT2D eigenvalue weighted by atomic mass is 10.2. The molecule has 5 rings (SSSR count). The number of aryl methyl sites for hydroxylation is 1. The van der Waals surface area contributed by atoms with Crippen LogP contribution < -0.4 is 10.5 Å². The number of para-hydroxylation sites is 1. The Bertz CT molecular complexity index is 1390. The predicted molar refractivity (Wildman–Crippen MR) is 133 cm³/mol. The highest BCUT2D eigenvalue weighted by atomic mass is 32.1. The maximum atomic E-state index is 13.3. The van der Waals surface area contributed by atoms with Crippen LogP contribution in [0.5, 0.6) is 0 Å². The fourth-order valence-electron chi connectivity index (χ4n) is 4.39. The van der Waals surface area contributed by atoms with E-state index in [0.717, 1.165) is 43.9 Å². The van der Waals surface area contributed by atoms with Gasteiger partial charge in [-0.2, -0.15) is 0 Å². The summed E-state index contributed by atoms with van der Waals surface area (Å²) in [6.45, 7) is 7.73. The van der Waals surface area contributed by atoms with Gasteiger partial charge in [-0.15, -0.1) is 5.10 Å². The number of rotatable bonds is 8. The molecule has 1 aliphatic rings. The maximum Gasteiger partial charge on any atom is 0.262 e. The van der Waals surface area contributed by atoms with E-state index in [-0.39, 0.29) is 5.56 Å². The summed E-state index contributed by atoms with van der Waals surface area (Å²) in [6, 6.07) is 7.58. The number of hydrogen-bond acceptors (Lipinski definition) is 8. The molecular formula is C23H28N8O2S. The van der Waals surface area contributed by atoms with Crippen LogP contribution >= 0.6 is 12.2 Å². The van der Waals surface area contributed by atoms with Gasteiger partial charge in [-0.1, -0.05) is 12.1 Å². The maximum absolute atomic E-state index is 13.3. The van der Waals surface area contributed by atoms with Crippen molar-refractivity contribution in [1.29, 1.82) is 0 Å². The zero-order chi connectivity index (χ0) is 23.5. The van der Waals surface area contributed by atoms with Crippen molar-refractivity contribution in [3.63, 3.8) is 0 Å². The molecule has 0 atom stereocenters. The standard InChI is InChI=1S/C23H28N8O2S/c1-2-33-15-5-10-29-21(32)18-6-3-4-7-19(18)31-22(29)26-30(23(31)34)17-27-11-13-28(14-12-27)20-16-24-8-9-25-20/h3-4,6-9,16H,2,5,10-15,17H2,1H3. The van der Waals surface area contributed by atoms with E-state index >= 15 is 0 Å². The minimum absolute atomic E-state index is 0.0515. The zero-order valence-electron chi connectivity index (χ0n) is 19.2. The summed E-state index contributed by atoms with van der Waals surface area (Å²) in [5.41, 5.74) is 0.733. The number of aromatic nitrogens is 6. The lowest BCUT2D eigenvalue weighted by molar-refractivity contribution is 0.141. The molecule has 10 nitrogen and oxygen atoms in total. The average Bonchev–Trinajstić information content (AvgIpc) is 3.20. The molecule has 178 valence electrons. The van der Waals surface area contributed by atoms with Crippen molar-refractivity contribution >= 4 is 34.7 Å². The minimum Gasteiger partial charge on any atom is -0.382 e. The molecule has 0 saturated carbocycles. The highest BCUT2D eigenvalue weighted by molar-refractivity contribution is 7.71. The Labute approximate surface area is 202 Å². The van der Waals surface area contributed by atoms with Gasteiger partial charge in [0.1, 0.15) is 5.82 Å². The van der Waals surface area contributed by atoms with Crippen molar-refractivity contribution in [1.82, 2.24) is 33.6 Å². The van der Waals surface area contributed by atoms with Crippen LogP contribution in [0.1, 0.15) is 13.3 Å². The fourth-order valence-corrected chi connectivity index (χ4v) is 4.67. The lowest BCUT2D eigenvalue weighted by Crippen LogP contribution is -2.47. The van der Waals surface area contributed by atoms with Gasteiger partial charge in [0.25, 0.3) is 5.56 Å². The van der Waals surface area contributed by atoms with E-state index in [9.17, 15) is 4.79 Å². The Balaban J connectivity index is 1.43. The topological polar surface area (TPSA) is 85.7 Å². The number of piperazine rings is 1. The lowest BCUT2D eigenvalue weighted by Gasteiger charge is -2.34. The molecule has 3 aromatic heterocycles. The second kappa shape index (κ2) is 10.00. The fraction of sp³-hybridized carbons (Fsp3) is 0.435. The van der Waals surface area contributed by atoms with Crippen molar-refractivity contribution < 1.29 is 4.74 Å². The van der Waals surface area contributed by atoms with Crippen LogP contribution in [0.3, 0.4) is 0 Å². The number of fused-ring (bicyclic) bond motifs is 3. The van der Waals surface area contributed by atoms with Crippen LogP contribution in [-0.4, -0.2) is 73.0 Å². The van der Waals surface area contributed by atoms with Crippen LogP contribution in [0.25, 0.3) is 16.7 Å². The molecule has 0 spiro atoms. The second-order valence-corrected chi connectivity index (χ2v) is 8.62. The van der Waals surface area contributed by atoms with Gasteiger partial charge in [0, 0.05) is 58.3 Å². The molecule has 1 fully saturated rings. The summed E-state index contributed by atoms with van der Waals surface area (Å²) in [7, 11) is 0. The molecule has 0 amide bonds. The largest absolute Gasteiger partial charge is 0.382 e. The van der Waals surface area contributed by atoms with E-state index in [1.54, 1.807) is 23.2 Å². The highest BCUT2D eigenvalue weighted by Crippen LogP contribution is 2.16. The second-order valence-electron chi connectivity index (χ2n) is 8.25. The number of anilines is 1. The zero-order valence-corrected chi connectivity index (χ0v) is 20.0. The van der Waals surface area contributed by atoms with Gasteiger partial charge in [0.05, 0.1) is 23.8 Å². The quantitative estimate of drug-likeness (QED) is 0.280. The molecule has 0 radical (unpaired) electrons. The molecule has 0 unspecified atom stereocenters. The summed E-state index contributed by atoms with van der Waals surface area (Å²) in [6.07, 6.45) is 5.93. The van der Waals surface area contributed by atoms with Gasteiger partial charge in [-0.05, 0) is 37.7 Å². The third-order valence-electron chi connectivity index (χ3n) is 6.14. The third kappa shape index (κ3) is 4.33. The first-order chi connectivity index (χ1) is 16.7. The van der Waals surface area contributed by atoms with Gasteiger partial charge in [-0.25, -0.2) is 9.67 Å². The summed E-state index contributed by atoms with van der Waals surface area (Å²) in [5.74, 6) is 1.47. The van der Waals surface area contributed by atoms with Crippen LogP contribution in [0, 0.1) is 4.77 Å². The van der Waals surface area contributed by atoms with Gasteiger partial charge in [0.15, 0.2) is 0 Å². The molecule has 1 aromatic carbocycles. The van der Waals surface area contributed by atoms with Gasteiger partial charge >= 0.3 is 0 Å².